The number of carbonyl (C=O) groups excluding carboxylic acids is 2. The number of rotatable bonds is 8. The summed E-state index contributed by atoms with van der Waals surface area (Å²) in [5.74, 6) is 0.195. The summed E-state index contributed by atoms with van der Waals surface area (Å²) in [6, 6.07) is 0. The van der Waals surface area contributed by atoms with Gasteiger partial charge in [-0.3, -0.25) is 9.59 Å². The normalized spacial score (nSPS) is 9.86. The van der Waals surface area contributed by atoms with Crippen LogP contribution in [0.25, 0.3) is 0 Å². The monoisotopic (exact) mass is 199 g/mol. The maximum Gasteiger partial charge on any atom is 0.220 e. The van der Waals surface area contributed by atoms with Crippen LogP contribution >= 0.6 is 0 Å². The van der Waals surface area contributed by atoms with Crippen molar-refractivity contribution >= 4 is 11.7 Å². The molecule has 0 unspecified atom stereocenters. The van der Waals surface area contributed by atoms with E-state index < -0.39 is 0 Å². The molecule has 0 bridgehead atoms. The van der Waals surface area contributed by atoms with Crippen LogP contribution in [0.5, 0.6) is 0 Å². The van der Waals surface area contributed by atoms with Gasteiger partial charge in [0, 0.05) is 25.8 Å². The number of carbonyl (C=O) groups is 2. The average molecular weight is 199 g/mol. The van der Waals surface area contributed by atoms with Crippen molar-refractivity contribution in [1.82, 2.24) is 5.32 Å². The molecule has 0 rings (SSSR count). The van der Waals surface area contributed by atoms with Crippen LogP contribution in [0.3, 0.4) is 0 Å². The molecule has 0 atom stereocenters. The molecule has 0 spiro atoms. The van der Waals surface area contributed by atoms with Gasteiger partial charge in [0.2, 0.25) is 5.91 Å². The summed E-state index contributed by atoms with van der Waals surface area (Å²) < 4.78 is 0. The Bertz CT molecular complexity index is 178. The standard InChI is InChI=1S/C11H21NO2/c1-3-5-6-7-10(13)8-9-11(14)12-4-2/h3-9H2,1-2H3,(H,12,14). The summed E-state index contributed by atoms with van der Waals surface area (Å²) in [5, 5.41) is 2.68. The van der Waals surface area contributed by atoms with Crippen molar-refractivity contribution in [3.8, 4) is 0 Å². The molecule has 0 aromatic carbocycles. The van der Waals surface area contributed by atoms with E-state index in [-0.39, 0.29) is 11.7 Å². The van der Waals surface area contributed by atoms with Gasteiger partial charge in [0.1, 0.15) is 5.78 Å². The van der Waals surface area contributed by atoms with Gasteiger partial charge in [0.15, 0.2) is 0 Å². The highest BCUT2D eigenvalue weighted by Gasteiger charge is 2.05. The van der Waals surface area contributed by atoms with Crippen molar-refractivity contribution in [3.63, 3.8) is 0 Å². The van der Waals surface area contributed by atoms with Crippen molar-refractivity contribution in [1.29, 1.82) is 0 Å². The van der Waals surface area contributed by atoms with Crippen LogP contribution in [0.1, 0.15) is 52.4 Å². The van der Waals surface area contributed by atoms with E-state index in [4.69, 9.17) is 0 Å². The quantitative estimate of drug-likeness (QED) is 0.608. The molecule has 14 heavy (non-hydrogen) atoms. The first kappa shape index (κ1) is 13.1. The number of hydrogen-bond donors (Lipinski definition) is 1. The largest absolute Gasteiger partial charge is 0.356 e. The molecule has 3 nitrogen and oxygen atoms in total. The third-order valence-electron chi connectivity index (χ3n) is 2.06. The van der Waals surface area contributed by atoms with Crippen LogP contribution in [0.2, 0.25) is 0 Å². The van der Waals surface area contributed by atoms with Gasteiger partial charge in [-0.05, 0) is 13.3 Å². The Labute approximate surface area is 86.3 Å². The van der Waals surface area contributed by atoms with Gasteiger partial charge in [0.25, 0.3) is 0 Å². The van der Waals surface area contributed by atoms with Gasteiger partial charge in [-0.1, -0.05) is 19.8 Å². The molecule has 0 saturated heterocycles. The third-order valence-corrected chi connectivity index (χ3v) is 2.06. The Kier molecular flexibility index (Phi) is 8.19. The van der Waals surface area contributed by atoms with Gasteiger partial charge >= 0.3 is 0 Å². The minimum Gasteiger partial charge on any atom is -0.356 e. The lowest BCUT2D eigenvalue weighted by Crippen LogP contribution is -2.23. The van der Waals surface area contributed by atoms with E-state index in [2.05, 4.69) is 12.2 Å². The van der Waals surface area contributed by atoms with Crippen LogP contribution in [0, 0.1) is 0 Å². The molecule has 1 N–H and O–H groups in total. The summed E-state index contributed by atoms with van der Waals surface area (Å²) in [5.41, 5.74) is 0. The van der Waals surface area contributed by atoms with Crippen molar-refractivity contribution in [2.45, 2.75) is 52.4 Å². The van der Waals surface area contributed by atoms with E-state index in [9.17, 15) is 9.59 Å². The number of hydrogen-bond acceptors (Lipinski definition) is 2. The number of amides is 1. The van der Waals surface area contributed by atoms with Crippen LogP contribution in [0.15, 0.2) is 0 Å². The number of ketones is 1. The second-order valence-corrected chi connectivity index (χ2v) is 3.45. The summed E-state index contributed by atoms with van der Waals surface area (Å²) in [4.78, 5) is 22.3. The molecule has 0 radical (unpaired) electrons. The molecule has 1 amide bonds. The minimum absolute atomic E-state index is 0.0173. The van der Waals surface area contributed by atoms with Crippen LogP contribution in [-0.4, -0.2) is 18.2 Å². The zero-order valence-electron chi connectivity index (χ0n) is 9.27. The highest BCUT2D eigenvalue weighted by atomic mass is 16.2. The summed E-state index contributed by atoms with van der Waals surface area (Å²) in [6.45, 7) is 4.63. The first-order valence-electron chi connectivity index (χ1n) is 5.49. The zero-order valence-corrected chi connectivity index (χ0v) is 9.27. The Hall–Kier alpha value is -0.860. The fourth-order valence-corrected chi connectivity index (χ4v) is 1.24. The molecule has 0 aliphatic heterocycles. The Morgan fingerprint density at radius 1 is 1.00 bits per heavy atom. The van der Waals surface area contributed by atoms with E-state index in [0.717, 1.165) is 19.3 Å². The highest BCUT2D eigenvalue weighted by Crippen LogP contribution is 2.03. The average Bonchev–Trinajstić information content (AvgIpc) is 2.16. The summed E-state index contributed by atoms with van der Waals surface area (Å²) in [6.07, 6.45) is 4.57. The predicted molar refractivity (Wildman–Crippen MR) is 57.1 cm³/mol. The molecule has 0 aliphatic rings. The van der Waals surface area contributed by atoms with Gasteiger partial charge in [0.05, 0.1) is 0 Å². The maximum absolute atomic E-state index is 11.2. The minimum atomic E-state index is -0.0173. The Morgan fingerprint density at radius 2 is 1.71 bits per heavy atom. The van der Waals surface area contributed by atoms with E-state index >= 15 is 0 Å². The number of Topliss-reactive ketones (excluding diaryl/α,β-unsaturated/α-hetero) is 1. The van der Waals surface area contributed by atoms with Crippen molar-refractivity contribution in [2.24, 2.45) is 0 Å². The second-order valence-electron chi connectivity index (χ2n) is 3.45. The first-order valence-corrected chi connectivity index (χ1v) is 5.49. The topological polar surface area (TPSA) is 46.2 Å². The molecule has 0 heterocycles. The zero-order chi connectivity index (χ0) is 10.8. The van der Waals surface area contributed by atoms with Gasteiger partial charge in [-0.25, -0.2) is 0 Å². The maximum atomic E-state index is 11.2. The van der Waals surface area contributed by atoms with Gasteiger partial charge in [-0.15, -0.1) is 0 Å². The van der Waals surface area contributed by atoms with Crippen molar-refractivity contribution in [3.05, 3.63) is 0 Å². The SMILES string of the molecule is CCCCCC(=O)CCC(=O)NCC. The molecule has 0 aliphatic carbocycles. The van der Waals surface area contributed by atoms with E-state index in [1.165, 1.54) is 0 Å². The molecule has 0 fully saturated rings. The lowest BCUT2D eigenvalue weighted by molar-refractivity contribution is -0.125. The predicted octanol–water partition coefficient (Wildman–Crippen LogP) is 2.05. The molecule has 82 valence electrons. The van der Waals surface area contributed by atoms with E-state index in [1.54, 1.807) is 0 Å². The number of nitrogens with one attached hydrogen (secondary N) is 1. The molecule has 0 aromatic heterocycles. The van der Waals surface area contributed by atoms with Crippen LogP contribution < -0.4 is 5.32 Å². The Morgan fingerprint density at radius 3 is 2.29 bits per heavy atom. The molecule has 0 aromatic rings. The molecule has 0 saturated carbocycles. The van der Waals surface area contributed by atoms with E-state index in [1.807, 2.05) is 6.92 Å². The number of unbranched alkanes of at least 4 members (excludes halogenated alkanes) is 2. The lowest BCUT2D eigenvalue weighted by atomic mass is 10.1. The smallest absolute Gasteiger partial charge is 0.220 e. The second kappa shape index (κ2) is 8.73. The summed E-state index contributed by atoms with van der Waals surface area (Å²) in [7, 11) is 0. The Balaban J connectivity index is 3.39. The van der Waals surface area contributed by atoms with Crippen LogP contribution in [0.4, 0.5) is 0 Å². The van der Waals surface area contributed by atoms with Crippen molar-refractivity contribution < 1.29 is 9.59 Å². The van der Waals surface area contributed by atoms with Crippen LogP contribution in [-0.2, 0) is 9.59 Å². The fourth-order valence-electron chi connectivity index (χ4n) is 1.24. The first-order chi connectivity index (χ1) is 6.70. The highest BCUT2D eigenvalue weighted by molar-refractivity contribution is 5.84. The molecular weight excluding hydrogens is 178 g/mol. The fraction of sp³-hybridized carbons (Fsp3) is 0.818. The van der Waals surface area contributed by atoms with E-state index in [0.29, 0.717) is 25.8 Å². The lowest BCUT2D eigenvalue weighted by Gasteiger charge is -2.01. The summed E-state index contributed by atoms with van der Waals surface area (Å²) >= 11 is 0. The van der Waals surface area contributed by atoms with Gasteiger partial charge in [-0.2, -0.15) is 0 Å². The van der Waals surface area contributed by atoms with Crippen molar-refractivity contribution in [2.75, 3.05) is 6.54 Å². The van der Waals surface area contributed by atoms with Gasteiger partial charge < -0.3 is 5.32 Å². The molecule has 3 heteroatoms. The third kappa shape index (κ3) is 7.77. The molecular formula is C11H21NO2.